The molecule has 0 aliphatic carbocycles. The number of carbonyl (C=O) groups excluding carboxylic acids is 2. The van der Waals surface area contributed by atoms with Crippen molar-refractivity contribution in [3.8, 4) is 0 Å². The van der Waals surface area contributed by atoms with Crippen LogP contribution in [0.5, 0.6) is 0 Å². The van der Waals surface area contributed by atoms with Crippen LogP contribution in [0.1, 0.15) is 19.1 Å². The molecule has 1 N–H and O–H groups in total. The third-order valence-electron chi connectivity index (χ3n) is 4.10. The Kier molecular flexibility index (Phi) is 4.63. The van der Waals surface area contributed by atoms with Gasteiger partial charge in [-0.05, 0) is 31.2 Å². The molecule has 0 spiro atoms. The fraction of sp³-hybridized carbons (Fsp3) is 0.294. The van der Waals surface area contributed by atoms with Crippen LogP contribution in [-0.2, 0) is 26.0 Å². The minimum atomic E-state index is -3.62. The molecule has 0 radical (unpaired) electrons. The zero-order valence-electron chi connectivity index (χ0n) is 13.6. The van der Waals surface area contributed by atoms with Crippen molar-refractivity contribution in [1.82, 2.24) is 5.32 Å². The van der Waals surface area contributed by atoms with Gasteiger partial charge in [-0.1, -0.05) is 12.1 Å². The Labute approximate surface area is 145 Å². The molecule has 1 aromatic heterocycles. The second-order valence-corrected chi connectivity index (χ2v) is 8.20. The Hall–Kier alpha value is -2.61. The number of sulfone groups is 1. The molecule has 1 atom stereocenters. The SMILES string of the molecule is CC1CC(=O)N(CC(=O)NCc2ccco2)c2ccccc2S1(=O)=O. The van der Waals surface area contributed by atoms with Gasteiger partial charge in [0.25, 0.3) is 0 Å². The lowest BCUT2D eigenvalue weighted by Gasteiger charge is -2.21. The van der Waals surface area contributed by atoms with E-state index in [-0.39, 0.29) is 30.1 Å². The van der Waals surface area contributed by atoms with Crippen LogP contribution in [0.15, 0.2) is 52.0 Å². The Morgan fingerprint density at radius 2 is 2.04 bits per heavy atom. The van der Waals surface area contributed by atoms with Gasteiger partial charge in [-0.2, -0.15) is 0 Å². The molecule has 7 nitrogen and oxygen atoms in total. The van der Waals surface area contributed by atoms with Crippen LogP contribution >= 0.6 is 0 Å². The maximum atomic E-state index is 12.6. The van der Waals surface area contributed by atoms with Gasteiger partial charge in [0.15, 0.2) is 9.84 Å². The van der Waals surface area contributed by atoms with E-state index in [0.29, 0.717) is 5.76 Å². The van der Waals surface area contributed by atoms with Gasteiger partial charge in [0.2, 0.25) is 11.8 Å². The summed E-state index contributed by atoms with van der Waals surface area (Å²) in [6, 6.07) is 9.69. The van der Waals surface area contributed by atoms with E-state index in [1.165, 1.54) is 24.2 Å². The van der Waals surface area contributed by atoms with E-state index >= 15 is 0 Å². The molecule has 132 valence electrons. The summed E-state index contributed by atoms with van der Waals surface area (Å²) in [6.45, 7) is 1.45. The highest BCUT2D eigenvalue weighted by Gasteiger charge is 2.36. The molecule has 0 saturated heterocycles. The first kappa shape index (κ1) is 17.2. The molecule has 3 rings (SSSR count). The maximum absolute atomic E-state index is 12.6. The zero-order valence-corrected chi connectivity index (χ0v) is 14.5. The van der Waals surface area contributed by atoms with E-state index in [1.54, 1.807) is 30.3 Å². The number of furan rings is 1. The predicted octanol–water partition coefficient (Wildman–Crippen LogP) is 1.49. The minimum Gasteiger partial charge on any atom is -0.467 e. The highest BCUT2D eigenvalue weighted by atomic mass is 32.2. The predicted molar refractivity (Wildman–Crippen MR) is 90.6 cm³/mol. The molecule has 2 aromatic rings. The van der Waals surface area contributed by atoms with Gasteiger partial charge in [-0.25, -0.2) is 8.42 Å². The average molecular weight is 362 g/mol. The largest absolute Gasteiger partial charge is 0.467 e. The third kappa shape index (κ3) is 3.43. The lowest BCUT2D eigenvalue weighted by Crippen LogP contribution is -2.40. The second kappa shape index (κ2) is 6.72. The van der Waals surface area contributed by atoms with E-state index in [9.17, 15) is 18.0 Å². The molecule has 1 unspecified atom stereocenters. The Morgan fingerprint density at radius 1 is 1.28 bits per heavy atom. The van der Waals surface area contributed by atoms with Crippen molar-refractivity contribution in [3.63, 3.8) is 0 Å². The molecule has 1 aromatic carbocycles. The van der Waals surface area contributed by atoms with Gasteiger partial charge in [0.1, 0.15) is 12.3 Å². The summed E-state index contributed by atoms with van der Waals surface area (Å²) in [6.07, 6.45) is 1.34. The van der Waals surface area contributed by atoms with Crippen molar-refractivity contribution in [3.05, 3.63) is 48.4 Å². The van der Waals surface area contributed by atoms with E-state index < -0.39 is 26.9 Å². The number of rotatable bonds is 4. The van der Waals surface area contributed by atoms with Gasteiger partial charge in [0.05, 0.1) is 28.6 Å². The number of hydrogen-bond donors (Lipinski definition) is 1. The highest BCUT2D eigenvalue weighted by Crippen LogP contribution is 2.33. The zero-order chi connectivity index (χ0) is 18.0. The number of fused-ring (bicyclic) bond motifs is 1. The number of hydrogen-bond acceptors (Lipinski definition) is 5. The maximum Gasteiger partial charge on any atom is 0.240 e. The van der Waals surface area contributed by atoms with E-state index in [0.717, 1.165) is 0 Å². The van der Waals surface area contributed by atoms with Crippen molar-refractivity contribution < 1.29 is 22.4 Å². The van der Waals surface area contributed by atoms with E-state index in [1.807, 2.05) is 0 Å². The number of benzene rings is 1. The Morgan fingerprint density at radius 3 is 2.76 bits per heavy atom. The van der Waals surface area contributed by atoms with Crippen molar-refractivity contribution in [1.29, 1.82) is 0 Å². The van der Waals surface area contributed by atoms with Gasteiger partial charge < -0.3 is 14.6 Å². The second-order valence-electron chi connectivity index (χ2n) is 5.86. The van der Waals surface area contributed by atoms with Crippen molar-refractivity contribution in [2.45, 2.75) is 30.0 Å². The fourth-order valence-electron chi connectivity index (χ4n) is 2.71. The number of carbonyl (C=O) groups is 2. The van der Waals surface area contributed by atoms with Crippen LogP contribution < -0.4 is 10.2 Å². The van der Waals surface area contributed by atoms with Gasteiger partial charge >= 0.3 is 0 Å². The molecular weight excluding hydrogens is 344 g/mol. The summed E-state index contributed by atoms with van der Waals surface area (Å²) in [4.78, 5) is 26.0. The molecule has 0 bridgehead atoms. The molecule has 2 heterocycles. The van der Waals surface area contributed by atoms with Gasteiger partial charge in [-0.3, -0.25) is 9.59 Å². The van der Waals surface area contributed by atoms with Crippen LogP contribution in [0.3, 0.4) is 0 Å². The summed E-state index contributed by atoms with van der Waals surface area (Å²) in [5.41, 5.74) is 0.241. The number of amides is 2. The molecule has 0 fully saturated rings. The van der Waals surface area contributed by atoms with Gasteiger partial charge in [0, 0.05) is 6.42 Å². The highest BCUT2D eigenvalue weighted by molar-refractivity contribution is 7.92. The summed E-state index contributed by atoms with van der Waals surface area (Å²) >= 11 is 0. The minimum absolute atomic E-state index is 0.0761. The summed E-state index contributed by atoms with van der Waals surface area (Å²) in [5.74, 6) is -0.201. The number of nitrogens with zero attached hydrogens (tertiary/aromatic N) is 1. The van der Waals surface area contributed by atoms with Crippen LogP contribution in [0.25, 0.3) is 0 Å². The van der Waals surface area contributed by atoms with E-state index in [4.69, 9.17) is 4.42 Å². The van der Waals surface area contributed by atoms with Gasteiger partial charge in [-0.15, -0.1) is 0 Å². The lowest BCUT2D eigenvalue weighted by atomic mass is 10.2. The number of para-hydroxylation sites is 1. The Bertz CT molecular complexity index is 890. The van der Waals surface area contributed by atoms with Crippen molar-refractivity contribution in [2.24, 2.45) is 0 Å². The number of anilines is 1. The first-order valence-electron chi connectivity index (χ1n) is 7.82. The van der Waals surface area contributed by atoms with E-state index in [2.05, 4.69) is 5.32 Å². The van der Waals surface area contributed by atoms with Crippen LogP contribution in [-0.4, -0.2) is 32.0 Å². The monoisotopic (exact) mass is 362 g/mol. The summed E-state index contributed by atoms with van der Waals surface area (Å²) in [5, 5.41) is 1.82. The van der Waals surface area contributed by atoms with Crippen molar-refractivity contribution in [2.75, 3.05) is 11.4 Å². The first-order chi connectivity index (χ1) is 11.9. The molecule has 0 saturated carbocycles. The molecular formula is C17H18N2O5S. The van der Waals surface area contributed by atoms with Crippen LogP contribution in [0.4, 0.5) is 5.69 Å². The molecule has 2 amide bonds. The summed E-state index contributed by atoms with van der Waals surface area (Å²) in [7, 11) is -3.62. The quantitative estimate of drug-likeness (QED) is 0.889. The molecule has 8 heteroatoms. The van der Waals surface area contributed by atoms with Crippen molar-refractivity contribution >= 4 is 27.3 Å². The molecule has 25 heavy (non-hydrogen) atoms. The first-order valence-corrected chi connectivity index (χ1v) is 9.36. The smallest absolute Gasteiger partial charge is 0.240 e. The average Bonchev–Trinajstić information content (AvgIpc) is 3.09. The Balaban J connectivity index is 1.84. The fourth-order valence-corrected chi connectivity index (χ4v) is 4.24. The molecule has 1 aliphatic heterocycles. The van der Waals surface area contributed by atoms with Crippen LogP contribution in [0.2, 0.25) is 0 Å². The van der Waals surface area contributed by atoms with Crippen LogP contribution in [0, 0.1) is 0 Å². The normalized spacial score (nSPS) is 19.2. The topological polar surface area (TPSA) is 96.7 Å². The number of nitrogens with one attached hydrogen (secondary N) is 1. The summed E-state index contributed by atoms with van der Waals surface area (Å²) < 4.78 is 30.3. The third-order valence-corrected chi connectivity index (χ3v) is 6.28. The standard InChI is InChI=1S/C17H18N2O5S/c1-12-9-17(21)19(11-16(20)18-10-13-5-4-8-24-13)14-6-2-3-7-15(14)25(12,22)23/h2-8,12H,9-11H2,1H3,(H,18,20). The molecule has 1 aliphatic rings. The lowest BCUT2D eigenvalue weighted by molar-refractivity contribution is -0.124.